The second-order valence-electron chi connectivity index (χ2n) is 7.38. The number of halogens is 1. The maximum atomic E-state index is 5.56. The Kier molecular flexibility index (Phi) is 9.73. The van der Waals surface area contributed by atoms with E-state index in [1.807, 2.05) is 30.1 Å². The van der Waals surface area contributed by atoms with Gasteiger partial charge in [-0.25, -0.2) is 0 Å². The predicted molar refractivity (Wildman–Crippen MR) is 133 cm³/mol. The molecule has 1 fully saturated rings. The molecule has 0 amide bonds. The fourth-order valence-corrected chi connectivity index (χ4v) is 3.90. The number of rotatable bonds is 8. The molecule has 3 rings (SSSR count). The summed E-state index contributed by atoms with van der Waals surface area (Å²) in [6, 6.07) is 3.76. The van der Waals surface area contributed by atoms with Crippen molar-refractivity contribution >= 4 is 29.9 Å². The third kappa shape index (κ3) is 6.18. The standard InChI is InChI=1S/C22H33N5O3.HI/c1-6-23-22(27-10-8-16(15-27)17-13-25-26(2)14-17)24-9-7-19-20(29-4)11-18(28-3)12-21(19)30-5;/h11-14,16H,6-10,15H2,1-5H3,(H,23,24);1H. The molecule has 0 saturated carbocycles. The number of likely N-dealkylation sites (tertiary alicyclic amines) is 1. The van der Waals surface area contributed by atoms with Crippen LogP contribution in [0.3, 0.4) is 0 Å². The van der Waals surface area contributed by atoms with E-state index in [1.165, 1.54) is 5.56 Å². The molecule has 1 aliphatic heterocycles. The van der Waals surface area contributed by atoms with Crippen molar-refractivity contribution in [2.24, 2.45) is 12.0 Å². The van der Waals surface area contributed by atoms with Gasteiger partial charge in [-0.05, 0) is 25.3 Å². The molecule has 1 unspecified atom stereocenters. The summed E-state index contributed by atoms with van der Waals surface area (Å²) in [5, 5.41) is 7.75. The Balaban J connectivity index is 0.00000341. The van der Waals surface area contributed by atoms with Crippen molar-refractivity contribution in [1.29, 1.82) is 0 Å². The molecule has 0 aliphatic carbocycles. The number of methoxy groups -OCH3 is 3. The number of hydrogen-bond acceptors (Lipinski definition) is 5. The Bertz CT molecular complexity index is 846. The van der Waals surface area contributed by atoms with Crippen LogP contribution < -0.4 is 19.5 Å². The van der Waals surface area contributed by atoms with Crippen LogP contribution in [0.25, 0.3) is 0 Å². The topological polar surface area (TPSA) is 73.1 Å². The van der Waals surface area contributed by atoms with Gasteiger partial charge in [-0.15, -0.1) is 24.0 Å². The summed E-state index contributed by atoms with van der Waals surface area (Å²) in [5.41, 5.74) is 2.29. The molecule has 31 heavy (non-hydrogen) atoms. The molecular formula is C22H34IN5O3. The molecule has 1 aromatic carbocycles. The highest BCUT2D eigenvalue weighted by Crippen LogP contribution is 2.34. The van der Waals surface area contributed by atoms with E-state index in [1.54, 1.807) is 21.3 Å². The smallest absolute Gasteiger partial charge is 0.193 e. The normalized spacial score (nSPS) is 16.1. The lowest BCUT2D eigenvalue weighted by Gasteiger charge is -2.22. The summed E-state index contributed by atoms with van der Waals surface area (Å²) in [6.07, 6.45) is 5.91. The van der Waals surface area contributed by atoms with Crippen LogP contribution in [0, 0.1) is 0 Å². The monoisotopic (exact) mass is 543 g/mol. The van der Waals surface area contributed by atoms with Crippen molar-refractivity contribution in [1.82, 2.24) is 20.0 Å². The maximum Gasteiger partial charge on any atom is 0.193 e. The summed E-state index contributed by atoms with van der Waals surface area (Å²) in [7, 11) is 6.92. The van der Waals surface area contributed by atoms with E-state index in [-0.39, 0.29) is 24.0 Å². The minimum absolute atomic E-state index is 0. The summed E-state index contributed by atoms with van der Waals surface area (Å²) in [5.74, 6) is 3.66. The zero-order chi connectivity index (χ0) is 21.5. The first-order chi connectivity index (χ1) is 14.6. The molecule has 0 spiro atoms. The Morgan fingerprint density at radius 1 is 1.19 bits per heavy atom. The van der Waals surface area contributed by atoms with Gasteiger partial charge in [0.25, 0.3) is 0 Å². The van der Waals surface area contributed by atoms with Gasteiger partial charge in [-0.1, -0.05) is 0 Å². The highest BCUT2D eigenvalue weighted by atomic mass is 127. The van der Waals surface area contributed by atoms with Crippen molar-refractivity contribution in [2.45, 2.75) is 25.7 Å². The van der Waals surface area contributed by atoms with E-state index in [2.05, 4.69) is 28.4 Å². The third-order valence-electron chi connectivity index (χ3n) is 5.46. The maximum absolute atomic E-state index is 5.56. The summed E-state index contributed by atoms with van der Waals surface area (Å²) < 4.78 is 18.3. The average molecular weight is 543 g/mol. The van der Waals surface area contributed by atoms with Crippen LogP contribution in [0.1, 0.15) is 30.4 Å². The lowest BCUT2D eigenvalue weighted by atomic mass is 10.0. The average Bonchev–Trinajstić information content (AvgIpc) is 3.42. The van der Waals surface area contributed by atoms with Crippen molar-refractivity contribution in [3.63, 3.8) is 0 Å². The van der Waals surface area contributed by atoms with E-state index >= 15 is 0 Å². The van der Waals surface area contributed by atoms with Gasteiger partial charge >= 0.3 is 0 Å². The van der Waals surface area contributed by atoms with E-state index in [0.717, 1.165) is 49.1 Å². The van der Waals surface area contributed by atoms with Crippen LogP contribution in [0.2, 0.25) is 0 Å². The fraction of sp³-hybridized carbons (Fsp3) is 0.545. The fourth-order valence-electron chi connectivity index (χ4n) is 3.90. The Labute approximate surface area is 202 Å². The zero-order valence-corrected chi connectivity index (χ0v) is 21.4. The summed E-state index contributed by atoms with van der Waals surface area (Å²) in [6.45, 7) is 5.50. The number of guanidine groups is 1. The highest BCUT2D eigenvalue weighted by Gasteiger charge is 2.27. The second-order valence-corrected chi connectivity index (χ2v) is 7.38. The molecule has 1 saturated heterocycles. The molecule has 1 aromatic heterocycles. The Morgan fingerprint density at radius 2 is 1.90 bits per heavy atom. The van der Waals surface area contributed by atoms with Gasteiger partial charge in [0.15, 0.2) is 5.96 Å². The zero-order valence-electron chi connectivity index (χ0n) is 19.1. The SMILES string of the molecule is CCNC(=NCCc1c(OC)cc(OC)cc1OC)N1CCC(c2cnn(C)c2)C1.I. The van der Waals surface area contributed by atoms with Crippen LogP contribution in [-0.2, 0) is 13.5 Å². The number of aryl methyl sites for hydroxylation is 1. The predicted octanol–water partition coefficient (Wildman–Crippen LogP) is 3.06. The second kappa shape index (κ2) is 12.0. The minimum atomic E-state index is 0. The van der Waals surface area contributed by atoms with Crippen molar-refractivity contribution < 1.29 is 14.2 Å². The lowest BCUT2D eigenvalue weighted by Crippen LogP contribution is -2.40. The number of aromatic nitrogens is 2. The Hall–Kier alpha value is -2.17. The number of hydrogen-bond donors (Lipinski definition) is 1. The van der Waals surface area contributed by atoms with Crippen molar-refractivity contribution in [2.75, 3.05) is 47.5 Å². The van der Waals surface area contributed by atoms with Crippen LogP contribution in [0.5, 0.6) is 17.2 Å². The molecule has 1 N–H and O–H groups in total. The van der Waals surface area contributed by atoms with Crippen LogP contribution >= 0.6 is 24.0 Å². The van der Waals surface area contributed by atoms with Crippen molar-refractivity contribution in [3.05, 3.63) is 35.7 Å². The molecule has 8 nitrogen and oxygen atoms in total. The molecular weight excluding hydrogens is 509 g/mol. The van der Waals surface area contributed by atoms with Gasteiger partial charge in [-0.3, -0.25) is 9.67 Å². The van der Waals surface area contributed by atoms with Crippen LogP contribution in [-0.4, -0.2) is 68.1 Å². The quantitative estimate of drug-likeness (QED) is 0.314. The van der Waals surface area contributed by atoms with Gasteiger partial charge < -0.3 is 24.4 Å². The number of nitrogens with one attached hydrogen (secondary N) is 1. The highest BCUT2D eigenvalue weighted by molar-refractivity contribution is 14.0. The largest absolute Gasteiger partial charge is 0.496 e. The molecule has 1 atom stereocenters. The molecule has 2 heterocycles. The van der Waals surface area contributed by atoms with Crippen LogP contribution in [0.4, 0.5) is 0 Å². The summed E-state index contributed by atoms with van der Waals surface area (Å²) in [4.78, 5) is 7.22. The van der Waals surface area contributed by atoms with Gasteiger partial charge in [-0.2, -0.15) is 5.10 Å². The van der Waals surface area contributed by atoms with Gasteiger partial charge in [0, 0.05) is 63.0 Å². The summed E-state index contributed by atoms with van der Waals surface area (Å²) >= 11 is 0. The number of ether oxygens (including phenoxy) is 3. The molecule has 1 aliphatic rings. The van der Waals surface area contributed by atoms with Crippen molar-refractivity contribution in [3.8, 4) is 17.2 Å². The minimum Gasteiger partial charge on any atom is -0.496 e. The van der Waals surface area contributed by atoms with E-state index in [0.29, 0.717) is 24.6 Å². The number of nitrogens with zero attached hydrogens (tertiary/aromatic N) is 4. The van der Waals surface area contributed by atoms with E-state index in [4.69, 9.17) is 19.2 Å². The first-order valence-electron chi connectivity index (χ1n) is 10.4. The van der Waals surface area contributed by atoms with Crippen LogP contribution in [0.15, 0.2) is 29.5 Å². The third-order valence-corrected chi connectivity index (χ3v) is 5.46. The first-order valence-corrected chi connectivity index (χ1v) is 10.4. The van der Waals surface area contributed by atoms with Gasteiger partial charge in [0.1, 0.15) is 17.2 Å². The number of benzene rings is 1. The van der Waals surface area contributed by atoms with E-state index in [9.17, 15) is 0 Å². The van der Waals surface area contributed by atoms with Gasteiger partial charge in [0.2, 0.25) is 0 Å². The molecule has 172 valence electrons. The molecule has 0 radical (unpaired) electrons. The first kappa shape index (κ1) is 25.1. The molecule has 9 heteroatoms. The van der Waals surface area contributed by atoms with Gasteiger partial charge in [0.05, 0.1) is 27.5 Å². The van der Waals surface area contributed by atoms with E-state index < -0.39 is 0 Å². The lowest BCUT2D eigenvalue weighted by molar-refractivity contribution is 0.369. The molecule has 2 aromatic rings. The Morgan fingerprint density at radius 3 is 2.45 bits per heavy atom. The number of aliphatic imine (C=N–C) groups is 1. The molecule has 0 bridgehead atoms.